The maximum atomic E-state index is 10.7. The molecular weight excluding hydrogens is 336 g/mol. The van der Waals surface area contributed by atoms with E-state index in [1.807, 2.05) is 19.1 Å². The van der Waals surface area contributed by atoms with E-state index in [0.29, 0.717) is 12.0 Å². The van der Waals surface area contributed by atoms with Crippen LogP contribution in [0.1, 0.15) is 49.3 Å². The Kier molecular flexibility index (Phi) is 5.59. The lowest BCUT2D eigenvalue weighted by Gasteiger charge is -2.31. The summed E-state index contributed by atoms with van der Waals surface area (Å²) >= 11 is 0. The average molecular weight is 364 g/mol. The lowest BCUT2D eigenvalue weighted by atomic mass is 9.73. The molecule has 2 unspecified atom stereocenters. The van der Waals surface area contributed by atoms with E-state index in [4.69, 9.17) is 0 Å². The highest BCUT2D eigenvalue weighted by molar-refractivity contribution is 5.52. The molecule has 3 heteroatoms. The van der Waals surface area contributed by atoms with Gasteiger partial charge in [-0.2, -0.15) is 0 Å². The Morgan fingerprint density at radius 1 is 1.00 bits per heavy atom. The van der Waals surface area contributed by atoms with E-state index >= 15 is 0 Å². The first-order chi connectivity index (χ1) is 12.8. The quantitative estimate of drug-likeness (QED) is 0.605. The van der Waals surface area contributed by atoms with Crippen LogP contribution in [0.15, 0.2) is 60.2 Å². The number of aryl methyl sites for hydroxylation is 2. The average Bonchev–Trinajstić information content (AvgIpc) is 2.60. The zero-order valence-electron chi connectivity index (χ0n) is 16.1. The number of benzene rings is 2. The van der Waals surface area contributed by atoms with Crippen molar-refractivity contribution in [3.8, 4) is 17.2 Å². The fraction of sp³-hybridized carbons (Fsp3) is 0.333. The van der Waals surface area contributed by atoms with Crippen LogP contribution in [-0.2, 0) is 12.8 Å². The molecule has 2 aromatic carbocycles. The van der Waals surface area contributed by atoms with Gasteiger partial charge in [-0.1, -0.05) is 35.9 Å². The van der Waals surface area contributed by atoms with Gasteiger partial charge in [0.1, 0.15) is 17.2 Å². The smallest absolute Gasteiger partial charge is 0.123 e. The highest BCUT2D eigenvalue weighted by atomic mass is 16.3. The second kappa shape index (κ2) is 7.91. The number of allylic oxidation sites excluding steroid dienone is 3. The molecule has 27 heavy (non-hydrogen) atoms. The number of hydrogen-bond donors (Lipinski definition) is 3. The van der Waals surface area contributed by atoms with Gasteiger partial charge < -0.3 is 15.3 Å². The van der Waals surface area contributed by atoms with Gasteiger partial charge in [0.05, 0.1) is 0 Å². The molecule has 0 saturated carbocycles. The summed E-state index contributed by atoms with van der Waals surface area (Å²) in [6.07, 6.45) is 5.66. The topological polar surface area (TPSA) is 60.7 Å². The molecule has 3 nitrogen and oxygen atoms in total. The van der Waals surface area contributed by atoms with E-state index in [0.717, 1.165) is 36.0 Å². The van der Waals surface area contributed by atoms with Crippen LogP contribution in [0.25, 0.3) is 0 Å². The minimum atomic E-state index is -0.0394. The SMILES string of the molecule is C=C(C)C1CCC(C)=CC1c1c(O)cc(CCc2ccc(O)cc2)cc1O. The van der Waals surface area contributed by atoms with Crippen LogP contribution in [0.5, 0.6) is 17.2 Å². The van der Waals surface area contributed by atoms with E-state index in [-0.39, 0.29) is 29.1 Å². The lowest BCUT2D eigenvalue weighted by Crippen LogP contribution is -2.17. The Labute approximate surface area is 161 Å². The summed E-state index contributed by atoms with van der Waals surface area (Å²) in [5.41, 5.74) is 4.97. The maximum absolute atomic E-state index is 10.7. The van der Waals surface area contributed by atoms with Crippen LogP contribution in [0.2, 0.25) is 0 Å². The van der Waals surface area contributed by atoms with E-state index < -0.39 is 0 Å². The summed E-state index contributed by atoms with van der Waals surface area (Å²) in [6.45, 7) is 8.23. The van der Waals surface area contributed by atoms with Crippen LogP contribution in [-0.4, -0.2) is 15.3 Å². The van der Waals surface area contributed by atoms with Crippen molar-refractivity contribution in [2.45, 2.75) is 45.4 Å². The van der Waals surface area contributed by atoms with Crippen LogP contribution < -0.4 is 0 Å². The first kappa shape index (κ1) is 19.1. The molecule has 0 aliphatic heterocycles. The number of phenolic OH excluding ortho intramolecular Hbond substituents is 3. The highest BCUT2D eigenvalue weighted by Crippen LogP contribution is 2.46. The molecule has 3 rings (SSSR count). The summed E-state index contributed by atoms with van der Waals surface area (Å²) in [6, 6.07) is 10.6. The van der Waals surface area contributed by atoms with E-state index in [1.165, 1.54) is 5.57 Å². The number of hydrogen-bond acceptors (Lipinski definition) is 3. The first-order valence-electron chi connectivity index (χ1n) is 9.50. The molecule has 142 valence electrons. The Morgan fingerprint density at radius 3 is 2.19 bits per heavy atom. The van der Waals surface area contributed by atoms with Crippen molar-refractivity contribution in [3.63, 3.8) is 0 Å². The lowest BCUT2D eigenvalue weighted by molar-refractivity contribution is 0.406. The summed E-state index contributed by atoms with van der Waals surface area (Å²) in [5, 5.41) is 30.8. The molecule has 0 radical (unpaired) electrons. The Hall–Kier alpha value is -2.68. The van der Waals surface area contributed by atoms with Crippen molar-refractivity contribution in [2.24, 2.45) is 5.92 Å². The molecule has 0 aromatic heterocycles. The van der Waals surface area contributed by atoms with Gasteiger partial charge in [-0.05, 0) is 80.8 Å². The van der Waals surface area contributed by atoms with Gasteiger partial charge in [-0.25, -0.2) is 0 Å². The van der Waals surface area contributed by atoms with Crippen LogP contribution in [0, 0.1) is 5.92 Å². The minimum absolute atomic E-state index is 0.0394. The standard InChI is InChI=1S/C24H28O3/c1-15(2)20-11-4-16(3)12-21(20)24-22(26)13-18(14-23(24)27)6-5-17-7-9-19(25)10-8-17/h7-10,12-14,20-21,25-27H,1,4-6,11H2,2-3H3. The second-order valence-electron chi connectivity index (χ2n) is 7.74. The van der Waals surface area contributed by atoms with Gasteiger partial charge >= 0.3 is 0 Å². The zero-order chi connectivity index (χ0) is 19.6. The molecule has 1 aliphatic carbocycles. The van der Waals surface area contributed by atoms with E-state index in [1.54, 1.807) is 24.3 Å². The number of phenols is 3. The first-order valence-corrected chi connectivity index (χ1v) is 9.50. The second-order valence-corrected chi connectivity index (χ2v) is 7.74. The van der Waals surface area contributed by atoms with Crippen molar-refractivity contribution in [3.05, 3.63) is 76.9 Å². The van der Waals surface area contributed by atoms with Gasteiger partial charge in [0.25, 0.3) is 0 Å². The molecule has 0 fully saturated rings. The van der Waals surface area contributed by atoms with Crippen LogP contribution in [0.3, 0.4) is 0 Å². The molecular formula is C24H28O3. The van der Waals surface area contributed by atoms with Gasteiger partial charge in [0.2, 0.25) is 0 Å². The van der Waals surface area contributed by atoms with Gasteiger partial charge in [-0.15, -0.1) is 0 Å². The zero-order valence-corrected chi connectivity index (χ0v) is 16.1. The fourth-order valence-electron chi connectivity index (χ4n) is 4.02. The highest BCUT2D eigenvalue weighted by Gasteiger charge is 2.30. The normalized spacial score (nSPS) is 19.6. The third-order valence-electron chi connectivity index (χ3n) is 5.55. The molecule has 0 spiro atoms. The molecule has 0 bridgehead atoms. The molecule has 0 saturated heterocycles. The van der Waals surface area contributed by atoms with Crippen molar-refractivity contribution in [1.82, 2.24) is 0 Å². The monoisotopic (exact) mass is 364 g/mol. The third kappa shape index (κ3) is 4.36. The summed E-state index contributed by atoms with van der Waals surface area (Å²) in [5.74, 6) is 0.743. The largest absolute Gasteiger partial charge is 0.508 e. The number of rotatable bonds is 5. The Balaban J connectivity index is 1.84. The molecule has 3 N–H and O–H groups in total. The molecule has 1 aliphatic rings. The Morgan fingerprint density at radius 2 is 1.59 bits per heavy atom. The van der Waals surface area contributed by atoms with E-state index in [9.17, 15) is 15.3 Å². The predicted molar refractivity (Wildman–Crippen MR) is 109 cm³/mol. The summed E-state index contributed by atoms with van der Waals surface area (Å²) < 4.78 is 0. The maximum Gasteiger partial charge on any atom is 0.123 e. The number of aromatic hydroxyl groups is 3. The van der Waals surface area contributed by atoms with Crippen LogP contribution >= 0.6 is 0 Å². The molecule has 0 amide bonds. The van der Waals surface area contributed by atoms with Gasteiger partial charge in [0, 0.05) is 11.5 Å². The fourth-order valence-corrected chi connectivity index (χ4v) is 4.02. The Bertz CT molecular complexity index is 839. The van der Waals surface area contributed by atoms with Gasteiger partial charge in [0.15, 0.2) is 0 Å². The van der Waals surface area contributed by atoms with Crippen molar-refractivity contribution >= 4 is 0 Å². The molecule has 2 atom stereocenters. The van der Waals surface area contributed by atoms with Crippen LogP contribution in [0.4, 0.5) is 0 Å². The third-order valence-corrected chi connectivity index (χ3v) is 5.55. The van der Waals surface area contributed by atoms with Crippen molar-refractivity contribution in [1.29, 1.82) is 0 Å². The summed E-state index contributed by atoms with van der Waals surface area (Å²) in [4.78, 5) is 0. The minimum Gasteiger partial charge on any atom is -0.508 e. The predicted octanol–water partition coefficient (Wildman–Crippen LogP) is 5.60. The van der Waals surface area contributed by atoms with E-state index in [2.05, 4.69) is 19.6 Å². The summed E-state index contributed by atoms with van der Waals surface area (Å²) in [7, 11) is 0. The van der Waals surface area contributed by atoms with Gasteiger partial charge in [-0.3, -0.25) is 0 Å². The van der Waals surface area contributed by atoms with Crippen molar-refractivity contribution < 1.29 is 15.3 Å². The molecule has 0 heterocycles. The molecule has 2 aromatic rings. The van der Waals surface area contributed by atoms with Crippen molar-refractivity contribution in [2.75, 3.05) is 0 Å².